The van der Waals surface area contributed by atoms with E-state index in [1.807, 2.05) is 42.5 Å². The number of benzene rings is 3. The zero-order valence-corrected chi connectivity index (χ0v) is 30.7. The number of likely N-dealkylation sites (tertiary alicyclic amines) is 2. The lowest BCUT2D eigenvalue weighted by Gasteiger charge is -2.27. The molecule has 0 bridgehead atoms. The summed E-state index contributed by atoms with van der Waals surface area (Å²) in [6.45, 7) is 10.6. The van der Waals surface area contributed by atoms with E-state index in [1.165, 1.54) is 9.80 Å². The molecule has 3 unspecified atom stereocenters. The highest BCUT2D eigenvalue weighted by atomic mass is 16.6. The summed E-state index contributed by atoms with van der Waals surface area (Å²) in [5, 5.41) is 12.3. The van der Waals surface area contributed by atoms with Gasteiger partial charge in [0.25, 0.3) is 0 Å². The van der Waals surface area contributed by atoms with E-state index in [-0.39, 0.29) is 12.4 Å². The summed E-state index contributed by atoms with van der Waals surface area (Å²) in [7, 11) is 0. The van der Waals surface area contributed by atoms with Crippen LogP contribution in [0.3, 0.4) is 0 Å². The standard InChI is InChI=1S/C40H48N2O10/c1-39(2,3)51-37(47)41-21-9-13-31(41)35(45)49-23-33(43)26-17-15-25(16-18-26)27-19-20-30(29-12-8-7-11-28(27)29)34(44)24-50-36(46)32-14-10-22-42(32)38(48)52-40(4,5)6/h7-8,11-12,15-20,31-33,43H,9-10,13-14,21-24H2,1-6H3. The van der Waals surface area contributed by atoms with Crippen molar-refractivity contribution in [2.24, 2.45) is 0 Å². The number of carbonyl (C=O) groups is 5. The number of nitrogens with zero attached hydrogens (tertiary/aromatic N) is 2. The Bertz CT molecular complexity index is 1810. The van der Waals surface area contributed by atoms with Gasteiger partial charge in [0.15, 0.2) is 6.61 Å². The molecule has 2 fully saturated rings. The summed E-state index contributed by atoms with van der Waals surface area (Å²) < 4.78 is 21.7. The van der Waals surface area contributed by atoms with Crippen LogP contribution in [-0.4, -0.2) is 94.4 Å². The van der Waals surface area contributed by atoms with Gasteiger partial charge in [-0.25, -0.2) is 19.2 Å². The minimum absolute atomic E-state index is 0.277. The largest absolute Gasteiger partial charge is 0.461 e. The van der Waals surface area contributed by atoms with Gasteiger partial charge in [0.2, 0.25) is 5.78 Å². The van der Waals surface area contributed by atoms with Crippen molar-refractivity contribution in [1.82, 2.24) is 9.80 Å². The van der Waals surface area contributed by atoms with Gasteiger partial charge in [0, 0.05) is 18.7 Å². The molecule has 3 atom stereocenters. The molecule has 2 aliphatic heterocycles. The predicted molar refractivity (Wildman–Crippen MR) is 193 cm³/mol. The van der Waals surface area contributed by atoms with Crippen LogP contribution in [0.4, 0.5) is 9.59 Å². The first-order valence-corrected chi connectivity index (χ1v) is 17.7. The summed E-state index contributed by atoms with van der Waals surface area (Å²) >= 11 is 0. The lowest BCUT2D eigenvalue weighted by molar-refractivity contribution is -0.152. The molecule has 0 spiro atoms. The molecule has 2 saturated heterocycles. The SMILES string of the molecule is CC(C)(C)OC(=O)N1CCCC1C(=O)OCC(=O)c1ccc(-c2ccc(C(O)COC(=O)C3CCCN3C(=O)OC(C)(C)C)cc2)c2ccccc12. The zero-order chi connectivity index (χ0) is 37.8. The van der Waals surface area contributed by atoms with E-state index in [2.05, 4.69) is 0 Å². The molecular weight excluding hydrogens is 668 g/mol. The van der Waals surface area contributed by atoms with Gasteiger partial charge in [0.1, 0.15) is 36.0 Å². The Balaban J connectivity index is 1.21. The highest BCUT2D eigenvalue weighted by molar-refractivity contribution is 6.12. The van der Waals surface area contributed by atoms with Crippen molar-refractivity contribution in [3.8, 4) is 11.1 Å². The molecule has 3 aromatic rings. The van der Waals surface area contributed by atoms with Gasteiger partial charge in [-0.3, -0.25) is 14.6 Å². The third-order valence-corrected chi connectivity index (χ3v) is 8.87. The number of hydrogen-bond donors (Lipinski definition) is 1. The average molecular weight is 717 g/mol. The number of ketones is 1. The van der Waals surface area contributed by atoms with Crippen LogP contribution < -0.4 is 0 Å². The van der Waals surface area contributed by atoms with Crippen molar-refractivity contribution in [2.45, 2.75) is 96.6 Å². The van der Waals surface area contributed by atoms with Crippen molar-refractivity contribution in [3.05, 3.63) is 71.8 Å². The summed E-state index contributed by atoms with van der Waals surface area (Å²) in [6, 6.07) is 16.5. The van der Waals surface area contributed by atoms with E-state index in [0.717, 1.165) is 16.5 Å². The molecule has 52 heavy (non-hydrogen) atoms. The van der Waals surface area contributed by atoms with Crippen LogP contribution in [0.2, 0.25) is 0 Å². The molecule has 0 radical (unpaired) electrons. The monoisotopic (exact) mass is 716 g/mol. The second-order valence-electron chi connectivity index (χ2n) is 15.2. The Labute approximate surface area is 303 Å². The number of carbonyl (C=O) groups excluding carboxylic acids is 5. The number of amides is 2. The van der Waals surface area contributed by atoms with E-state index in [4.69, 9.17) is 18.9 Å². The lowest BCUT2D eigenvalue weighted by Crippen LogP contribution is -2.44. The number of hydrogen-bond acceptors (Lipinski definition) is 10. The fraction of sp³-hybridized carbons (Fsp3) is 0.475. The van der Waals surface area contributed by atoms with Crippen molar-refractivity contribution in [1.29, 1.82) is 0 Å². The molecule has 0 aromatic heterocycles. The lowest BCUT2D eigenvalue weighted by atomic mass is 9.93. The molecule has 0 aliphatic carbocycles. The number of fused-ring (bicyclic) bond motifs is 1. The van der Waals surface area contributed by atoms with Crippen molar-refractivity contribution < 1.29 is 48.0 Å². The molecular formula is C40H48N2O10. The number of ether oxygens (including phenoxy) is 4. The number of aliphatic hydroxyl groups is 1. The van der Waals surface area contributed by atoms with E-state index >= 15 is 0 Å². The third kappa shape index (κ3) is 9.27. The van der Waals surface area contributed by atoms with Gasteiger partial charge < -0.3 is 24.1 Å². The Hall–Kier alpha value is -4.97. The molecule has 3 aromatic carbocycles. The molecule has 2 heterocycles. The highest BCUT2D eigenvalue weighted by Crippen LogP contribution is 2.32. The van der Waals surface area contributed by atoms with Crippen LogP contribution in [0.15, 0.2) is 60.7 Å². The van der Waals surface area contributed by atoms with Crippen LogP contribution in [0.1, 0.15) is 89.3 Å². The van der Waals surface area contributed by atoms with Crippen LogP contribution in [0.5, 0.6) is 0 Å². The first-order valence-electron chi connectivity index (χ1n) is 17.7. The van der Waals surface area contributed by atoms with Gasteiger partial charge in [0.05, 0.1) is 0 Å². The molecule has 5 rings (SSSR count). The Morgan fingerprint density at radius 1 is 0.712 bits per heavy atom. The number of rotatable bonds is 9. The fourth-order valence-corrected chi connectivity index (χ4v) is 6.44. The molecule has 12 heteroatoms. The van der Waals surface area contributed by atoms with E-state index in [9.17, 15) is 29.1 Å². The number of esters is 2. The van der Waals surface area contributed by atoms with Crippen molar-refractivity contribution in [3.63, 3.8) is 0 Å². The fourth-order valence-electron chi connectivity index (χ4n) is 6.44. The molecule has 2 amide bonds. The second kappa shape index (κ2) is 15.7. The predicted octanol–water partition coefficient (Wildman–Crippen LogP) is 6.61. The molecule has 2 aliphatic rings. The van der Waals surface area contributed by atoms with Crippen molar-refractivity contribution in [2.75, 3.05) is 26.3 Å². The summed E-state index contributed by atoms with van der Waals surface area (Å²) in [4.78, 5) is 67.1. The van der Waals surface area contributed by atoms with Gasteiger partial charge in [-0.05, 0) is 94.7 Å². The first kappa shape index (κ1) is 38.3. The molecule has 1 N–H and O–H groups in total. The quantitative estimate of drug-likeness (QED) is 0.146. The van der Waals surface area contributed by atoms with Crippen LogP contribution in [-0.2, 0) is 28.5 Å². The first-order chi connectivity index (χ1) is 24.5. The molecule has 0 saturated carbocycles. The van der Waals surface area contributed by atoms with Crippen LogP contribution in [0, 0.1) is 0 Å². The van der Waals surface area contributed by atoms with Gasteiger partial charge >= 0.3 is 24.1 Å². The Morgan fingerprint density at radius 2 is 1.23 bits per heavy atom. The van der Waals surface area contributed by atoms with Crippen LogP contribution >= 0.6 is 0 Å². The number of aliphatic hydroxyl groups excluding tert-OH is 1. The van der Waals surface area contributed by atoms with E-state index in [1.54, 1.807) is 59.7 Å². The minimum atomic E-state index is -1.09. The topological polar surface area (TPSA) is 149 Å². The molecule has 12 nitrogen and oxygen atoms in total. The van der Waals surface area contributed by atoms with Crippen molar-refractivity contribution >= 4 is 40.7 Å². The van der Waals surface area contributed by atoms with Crippen LogP contribution in [0.25, 0.3) is 21.9 Å². The Kier molecular flexibility index (Phi) is 11.6. The average Bonchev–Trinajstić information content (AvgIpc) is 3.79. The van der Waals surface area contributed by atoms with Gasteiger partial charge in [-0.15, -0.1) is 0 Å². The summed E-state index contributed by atoms with van der Waals surface area (Å²) in [6.07, 6.45) is -0.0712. The summed E-state index contributed by atoms with van der Waals surface area (Å²) in [5.74, 6) is -1.61. The Morgan fingerprint density at radius 3 is 1.77 bits per heavy atom. The minimum Gasteiger partial charge on any atom is -0.461 e. The highest BCUT2D eigenvalue weighted by Gasteiger charge is 2.39. The van der Waals surface area contributed by atoms with E-state index in [0.29, 0.717) is 55.3 Å². The normalized spacial score (nSPS) is 18.2. The smallest absolute Gasteiger partial charge is 0.411 e. The zero-order valence-electron chi connectivity index (χ0n) is 30.7. The van der Waals surface area contributed by atoms with Gasteiger partial charge in [-0.2, -0.15) is 0 Å². The number of Topliss-reactive ketones (excluding diaryl/α,β-unsaturated/α-hetero) is 1. The van der Waals surface area contributed by atoms with Gasteiger partial charge in [-0.1, -0.05) is 60.7 Å². The molecule has 278 valence electrons. The van der Waals surface area contributed by atoms with E-state index < -0.39 is 60.1 Å². The maximum Gasteiger partial charge on any atom is 0.411 e. The maximum atomic E-state index is 13.4. The second-order valence-corrected chi connectivity index (χ2v) is 15.2. The third-order valence-electron chi connectivity index (χ3n) is 8.87. The maximum absolute atomic E-state index is 13.4. The summed E-state index contributed by atoms with van der Waals surface area (Å²) in [5.41, 5.74) is 1.21.